The molecule has 0 radical (unpaired) electrons. The normalized spacial score (nSPS) is 8.91. The van der Waals surface area contributed by atoms with Crippen molar-refractivity contribution in [2.45, 2.75) is 19.8 Å². The van der Waals surface area contributed by atoms with Gasteiger partial charge < -0.3 is 13.1 Å². The van der Waals surface area contributed by atoms with Gasteiger partial charge in [0.05, 0.1) is 0 Å². The Balaban J connectivity index is -0.000000135. The zero-order valence-corrected chi connectivity index (χ0v) is 8.62. The zero-order valence-electron chi connectivity index (χ0n) is 8.41. The fraction of sp³-hybridized carbons (Fsp3) is 0.667. The average molecular weight is 188 g/mol. The summed E-state index contributed by atoms with van der Waals surface area (Å²) in [6.07, 6.45) is -0.154. The van der Waals surface area contributed by atoms with Crippen molar-refractivity contribution in [2.24, 2.45) is 5.92 Å². The van der Waals surface area contributed by atoms with E-state index >= 15 is 0 Å². The summed E-state index contributed by atoms with van der Waals surface area (Å²) in [5.74, 6) is -2.18. The summed E-state index contributed by atoms with van der Waals surface area (Å²) in [6.45, 7) is 1.60. The molecule has 5 heteroatoms. The molecular formula is C6H12CaO4. The van der Waals surface area contributed by atoms with Crippen LogP contribution >= 0.6 is 0 Å². The van der Waals surface area contributed by atoms with Gasteiger partial charge in [-0.25, -0.2) is 0 Å². The third-order valence-electron chi connectivity index (χ3n) is 1.05. The van der Waals surface area contributed by atoms with Gasteiger partial charge in [-0.05, 0) is 5.92 Å². The molecule has 0 spiro atoms. The molecule has 0 aliphatic heterocycles. The maximum Gasteiger partial charge on any atom is 2.00 e. The van der Waals surface area contributed by atoms with E-state index in [0.717, 1.165) is 0 Å². The third-order valence-corrected chi connectivity index (χ3v) is 1.05. The molecule has 0 aliphatic carbocycles. The van der Waals surface area contributed by atoms with Crippen molar-refractivity contribution in [3.8, 4) is 0 Å². The van der Waals surface area contributed by atoms with Crippen molar-refractivity contribution in [1.29, 1.82) is 0 Å². The fourth-order valence-electron chi connectivity index (χ4n) is 0.668. The number of carboxylic acid groups (broad SMARTS) is 2. The molecule has 0 unspecified atom stereocenters. The van der Waals surface area contributed by atoms with E-state index in [4.69, 9.17) is 10.2 Å². The minimum atomic E-state index is -0.950. The van der Waals surface area contributed by atoms with Gasteiger partial charge in [-0.3, -0.25) is 9.59 Å². The molecule has 2 N–H and O–H groups in total. The molecule has 0 aliphatic rings. The molecule has 0 rings (SSSR count). The molecule has 0 saturated heterocycles. The molecule has 0 aromatic heterocycles. The van der Waals surface area contributed by atoms with Gasteiger partial charge in [0.1, 0.15) is 0 Å². The fourth-order valence-corrected chi connectivity index (χ4v) is 0.668. The van der Waals surface area contributed by atoms with E-state index < -0.39 is 11.9 Å². The second-order valence-corrected chi connectivity index (χ2v) is 2.30. The van der Waals surface area contributed by atoms with Crippen LogP contribution in [0.5, 0.6) is 0 Å². The first-order valence-corrected chi connectivity index (χ1v) is 2.96. The van der Waals surface area contributed by atoms with Crippen LogP contribution in [0.2, 0.25) is 0 Å². The number of rotatable bonds is 4. The van der Waals surface area contributed by atoms with E-state index in [-0.39, 0.29) is 59.4 Å². The molecule has 0 saturated carbocycles. The Hall–Kier alpha value is 0.200. The molecule has 0 aromatic carbocycles. The summed E-state index contributed by atoms with van der Waals surface area (Å²) in [5.41, 5.74) is 0. The number of aliphatic carboxylic acids is 2. The Kier molecular flexibility index (Phi) is 8.61. The van der Waals surface area contributed by atoms with Crippen LogP contribution in [0.15, 0.2) is 0 Å². The molecule has 11 heavy (non-hydrogen) atoms. The van der Waals surface area contributed by atoms with Crippen molar-refractivity contribution in [3.05, 3.63) is 0 Å². The van der Waals surface area contributed by atoms with Gasteiger partial charge in [-0.1, -0.05) is 6.92 Å². The van der Waals surface area contributed by atoms with Crippen molar-refractivity contribution >= 4 is 49.7 Å². The van der Waals surface area contributed by atoms with Gasteiger partial charge in [0.2, 0.25) is 0 Å². The minimum absolute atomic E-state index is 0. The summed E-state index contributed by atoms with van der Waals surface area (Å²) < 4.78 is 0. The van der Waals surface area contributed by atoms with Gasteiger partial charge in [0.15, 0.2) is 0 Å². The molecular weight excluding hydrogens is 176 g/mol. The predicted molar refractivity (Wildman–Crippen MR) is 41.6 cm³/mol. The topological polar surface area (TPSA) is 74.6 Å². The third kappa shape index (κ3) is 10.2. The summed E-state index contributed by atoms with van der Waals surface area (Å²) >= 11 is 0. The van der Waals surface area contributed by atoms with Gasteiger partial charge in [0, 0.05) is 12.8 Å². The Morgan fingerprint density at radius 2 is 1.55 bits per heavy atom. The molecule has 0 heterocycles. The Morgan fingerprint density at radius 3 is 1.73 bits per heavy atom. The summed E-state index contributed by atoms with van der Waals surface area (Å²) in [4.78, 5) is 20.0. The van der Waals surface area contributed by atoms with Crippen molar-refractivity contribution in [3.63, 3.8) is 0 Å². The zero-order chi connectivity index (χ0) is 8.15. The Morgan fingerprint density at radius 1 is 1.27 bits per heavy atom. The minimum Gasteiger partial charge on any atom is -1.00 e. The van der Waals surface area contributed by atoms with E-state index in [1.165, 1.54) is 0 Å². The average Bonchev–Trinajstić information content (AvgIpc) is 1.58. The standard InChI is InChI=1S/C6H10O4.Ca.2H/c1-4(2-5(7)8)3-6(9)10;;;/h4H,2-3H2,1H3,(H,7,8)(H,9,10);;;/q;+2;2*-1. The molecule has 0 bridgehead atoms. The predicted octanol–water partition coefficient (Wildman–Crippen LogP) is 0.416. The maximum absolute atomic E-state index is 10.00. The van der Waals surface area contributed by atoms with Gasteiger partial charge in [-0.2, -0.15) is 0 Å². The van der Waals surface area contributed by atoms with Crippen LogP contribution in [-0.2, 0) is 9.59 Å². The Labute approximate surface area is 97.6 Å². The maximum atomic E-state index is 10.00. The quantitative estimate of drug-likeness (QED) is 0.627. The first kappa shape index (κ1) is 13.8. The number of hydrogen-bond donors (Lipinski definition) is 2. The van der Waals surface area contributed by atoms with Crippen molar-refractivity contribution < 1.29 is 22.7 Å². The number of carbonyl (C=O) groups is 2. The summed E-state index contributed by atoms with van der Waals surface area (Å²) in [5, 5.41) is 16.4. The largest absolute Gasteiger partial charge is 2.00 e. The van der Waals surface area contributed by atoms with Crippen LogP contribution in [-0.4, -0.2) is 59.9 Å². The summed E-state index contributed by atoms with van der Waals surface area (Å²) in [7, 11) is 0. The number of carboxylic acids is 2. The van der Waals surface area contributed by atoms with Crippen LogP contribution in [0.3, 0.4) is 0 Å². The van der Waals surface area contributed by atoms with Crippen LogP contribution < -0.4 is 0 Å². The van der Waals surface area contributed by atoms with Gasteiger partial charge >= 0.3 is 49.7 Å². The van der Waals surface area contributed by atoms with E-state index in [2.05, 4.69) is 0 Å². The van der Waals surface area contributed by atoms with E-state index in [1.807, 2.05) is 0 Å². The SMILES string of the molecule is CC(CC(=O)O)CC(=O)O.[Ca+2].[H-].[H-]. The molecule has 0 aromatic rings. The van der Waals surface area contributed by atoms with Crippen molar-refractivity contribution in [1.82, 2.24) is 0 Å². The molecule has 0 amide bonds. The van der Waals surface area contributed by atoms with Crippen LogP contribution in [0.25, 0.3) is 0 Å². The number of hydrogen-bond acceptors (Lipinski definition) is 2. The van der Waals surface area contributed by atoms with Gasteiger partial charge in [-0.15, -0.1) is 0 Å². The van der Waals surface area contributed by atoms with E-state index in [9.17, 15) is 9.59 Å². The smallest absolute Gasteiger partial charge is 1.00 e. The van der Waals surface area contributed by atoms with E-state index in [0.29, 0.717) is 0 Å². The summed E-state index contributed by atoms with van der Waals surface area (Å²) in [6, 6.07) is 0. The second-order valence-electron chi connectivity index (χ2n) is 2.30. The van der Waals surface area contributed by atoms with E-state index in [1.54, 1.807) is 6.92 Å². The first-order valence-electron chi connectivity index (χ1n) is 2.96. The monoisotopic (exact) mass is 188 g/mol. The molecule has 4 nitrogen and oxygen atoms in total. The van der Waals surface area contributed by atoms with Crippen molar-refractivity contribution in [2.75, 3.05) is 0 Å². The van der Waals surface area contributed by atoms with Crippen LogP contribution in [0.4, 0.5) is 0 Å². The van der Waals surface area contributed by atoms with Gasteiger partial charge in [0.25, 0.3) is 0 Å². The van der Waals surface area contributed by atoms with Crippen LogP contribution in [0.1, 0.15) is 22.6 Å². The molecule has 62 valence electrons. The molecule has 0 atom stereocenters. The molecule has 0 fully saturated rings. The Bertz CT molecular complexity index is 138. The second kappa shape index (κ2) is 6.88. The first-order chi connectivity index (χ1) is 4.52. The van der Waals surface area contributed by atoms with Crippen LogP contribution in [0, 0.1) is 5.92 Å².